The van der Waals surface area contributed by atoms with Crippen molar-refractivity contribution in [2.24, 2.45) is 0 Å². The van der Waals surface area contributed by atoms with Gasteiger partial charge in [0.25, 0.3) is 5.91 Å². The van der Waals surface area contributed by atoms with Gasteiger partial charge in [-0.15, -0.1) is 0 Å². The van der Waals surface area contributed by atoms with Crippen LogP contribution in [0.15, 0.2) is 42.9 Å². The largest absolute Gasteiger partial charge is 0.433 e. The lowest BCUT2D eigenvalue weighted by Gasteiger charge is -2.07. The van der Waals surface area contributed by atoms with Gasteiger partial charge < -0.3 is 5.32 Å². The van der Waals surface area contributed by atoms with E-state index in [0.29, 0.717) is 5.69 Å². The monoisotopic (exact) mass is 267 g/mol. The minimum Gasteiger partial charge on any atom is -0.321 e. The summed E-state index contributed by atoms with van der Waals surface area (Å²) in [6.45, 7) is 0. The van der Waals surface area contributed by atoms with Gasteiger partial charge in [-0.25, -0.2) is 0 Å². The van der Waals surface area contributed by atoms with Crippen molar-refractivity contribution in [2.45, 2.75) is 6.18 Å². The number of nitrogens with one attached hydrogen (secondary N) is 1. The third-order valence-electron chi connectivity index (χ3n) is 2.24. The van der Waals surface area contributed by atoms with E-state index in [9.17, 15) is 18.0 Å². The molecule has 0 saturated carbocycles. The zero-order chi connectivity index (χ0) is 13.9. The molecule has 0 aliphatic rings. The highest BCUT2D eigenvalue weighted by Gasteiger charge is 2.32. The molecule has 0 aliphatic carbocycles. The van der Waals surface area contributed by atoms with Crippen molar-refractivity contribution in [2.75, 3.05) is 5.32 Å². The number of amides is 1. The Labute approximate surface area is 106 Å². The van der Waals surface area contributed by atoms with Crippen LogP contribution in [0.4, 0.5) is 18.9 Å². The van der Waals surface area contributed by atoms with E-state index in [2.05, 4.69) is 15.3 Å². The summed E-state index contributed by atoms with van der Waals surface area (Å²) < 4.78 is 36.9. The zero-order valence-electron chi connectivity index (χ0n) is 9.48. The first-order chi connectivity index (χ1) is 8.97. The van der Waals surface area contributed by atoms with Gasteiger partial charge in [0.15, 0.2) is 0 Å². The van der Waals surface area contributed by atoms with Crippen LogP contribution in [0, 0.1) is 0 Å². The Morgan fingerprint density at radius 1 is 1.16 bits per heavy atom. The smallest absolute Gasteiger partial charge is 0.321 e. The average Bonchev–Trinajstić information content (AvgIpc) is 2.39. The lowest BCUT2D eigenvalue weighted by molar-refractivity contribution is -0.141. The quantitative estimate of drug-likeness (QED) is 0.910. The van der Waals surface area contributed by atoms with Gasteiger partial charge in [0, 0.05) is 12.4 Å². The van der Waals surface area contributed by atoms with Crippen molar-refractivity contribution < 1.29 is 18.0 Å². The van der Waals surface area contributed by atoms with Crippen molar-refractivity contribution in [3.05, 3.63) is 54.1 Å². The maximum Gasteiger partial charge on any atom is 0.433 e. The number of carbonyl (C=O) groups is 1. The van der Waals surface area contributed by atoms with Gasteiger partial charge in [-0.05, 0) is 24.3 Å². The fraction of sp³-hybridized carbons (Fsp3) is 0.0833. The minimum atomic E-state index is -4.52. The summed E-state index contributed by atoms with van der Waals surface area (Å²) in [7, 11) is 0. The van der Waals surface area contributed by atoms with E-state index in [1.54, 1.807) is 12.1 Å². The molecule has 0 aromatic carbocycles. The molecule has 0 spiro atoms. The van der Waals surface area contributed by atoms with Crippen molar-refractivity contribution in [3.8, 4) is 0 Å². The molecule has 0 radical (unpaired) electrons. The van der Waals surface area contributed by atoms with Crippen LogP contribution in [-0.2, 0) is 6.18 Å². The topological polar surface area (TPSA) is 54.9 Å². The first-order valence-corrected chi connectivity index (χ1v) is 5.21. The van der Waals surface area contributed by atoms with Crippen LogP contribution in [0.3, 0.4) is 0 Å². The first-order valence-electron chi connectivity index (χ1n) is 5.21. The maximum atomic E-state index is 12.3. The van der Waals surface area contributed by atoms with Gasteiger partial charge >= 0.3 is 6.18 Å². The van der Waals surface area contributed by atoms with Crippen LogP contribution in [0.2, 0.25) is 0 Å². The summed E-state index contributed by atoms with van der Waals surface area (Å²) in [6, 6.07) is 5.07. The molecule has 2 rings (SSSR count). The third kappa shape index (κ3) is 3.27. The van der Waals surface area contributed by atoms with E-state index >= 15 is 0 Å². The number of halogens is 3. The predicted molar refractivity (Wildman–Crippen MR) is 61.4 cm³/mol. The van der Waals surface area contributed by atoms with Crippen LogP contribution in [0.25, 0.3) is 0 Å². The highest BCUT2D eigenvalue weighted by Crippen LogP contribution is 2.27. The lowest BCUT2D eigenvalue weighted by Crippen LogP contribution is -2.14. The third-order valence-corrected chi connectivity index (χ3v) is 2.24. The van der Waals surface area contributed by atoms with Crippen molar-refractivity contribution in [1.29, 1.82) is 0 Å². The number of rotatable bonds is 2. The number of anilines is 1. The van der Waals surface area contributed by atoms with E-state index in [-0.39, 0.29) is 5.56 Å². The highest BCUT2D eigenvalue weighted by molar-refractivity contribution is 6.03. The predicted octanol–water partition coefficient (Wildman–Crippen LogP) is 2.75. The molecule has 2 heterocycles. The van der Waals surface area contributed by atoms with Crippen molar-refractivity contribution >= 4 is 11.6 Å². The minimum absolute atomic E-state index is 0.0388. The molecule has 7 heteroatoms. The number of alkyl halides is 3. The molecule has 98 valence electrons. The van der Waals surface area contributed by atoms with E-state index < -0.39 is 17.8 Å². The molecule has 0 aliphatic heterocycles. The van der Waals surface area contributed by atoms with E-state index in [1.165, 1.54) is 12.4 Å². The Kier molecular flexibility index (Phi) is 3.46. The Bertz CT molecular complexity index is 567. The molecular formula is C12H8F3N3O. The van der Waals surface area contributed by atoms with Crippen LogP contribution < -0.4 is 5.32 Å². The standard InChI is InChI=1S/C12H8F3N3O/c13-12(14,15)10-4-3-8(6-17-10)11(19)18-9-2-1-5-16-7-9/h1-7H,(H,18,19). The van der Waals surface area contributed by atoms with Crippen LogP contribution >= 0.6 is 0 Å². The number of aromatic nitrogens is 2. The zero-order valence-corrected chi connectivity index (χ0v) is 9.48. The van der Waals surface area contributed by atoms with Crippen molar-refractivity contribution in [3.63, 3.8) is 0 Å². The van der Waals surface area contributed by atoms with E-state index in [1.807, 2.05) is 0 Å². The second kappa shape index (κ2) is 5.05. The summed E-state index contributed by atoms with van der Waals surface area (Å²) in [4.78, 5) is 18.7. The van der Waals surface area contributed by atoms with Crippen LogP contribution in [0.5, 0.6) is 0 Å². The van der Waals surface area contributed by atoms with Gasteiger partial charge in [-0.1, -0.05) is 0 Å². The summed E-state index contributed by atoms with van der Waals surface area (Å²) in [5.74, 6) is -0.547. The molecule has 2 aromatic rings. The summed E-state index contributed by atoms with van der Waals surface area (Å²) in [5, 5.41) is 2.49. The number of nitrogens with zero attached hydrogens (tertiary/aromatic N) is 2. The SMILES string of the molecule is O=C(Nc1cccnc1)c1ccc(C(F)(F)F)nc1. The van der Waals surface area contributed by atoms with Crippen molar-refractivity contribution in [1.82, 2.24) is 9.97 Å². The molecule has 0 fully saturated rings. The van der Waals surface area contributed by atoms with Crippen LogP contribution in [0.1, 0.15) is 16.1 Å². The molecule has 0 atom stereocenters. The highest BCUT2D eigenvalue weighted by atomic mass is 19.4. The molecule has 0 bridgehead atoms. The molecular weight excluding hydrogens is 259 g/mol. The Balaban J connectivity index is 2.12. The average molecular weight is 267 g/mol. The molecule has 1 N–H and O–H groups in total. The Hall–Kier alpha value is -2.44. The number of hydrogen-bond donors (Lipinski definition) is 1. The van der Waals surface area contributed by atoms with Gasteiger partial charge in [0.1, 0.15) is 5.69 Å². The second-order valence-electron chi connectivity index (χ2n) is 3.63. The fourth-order valence-electron chi connectivity index (χ4n) is 1.34. The summed E-state index contributed by atoms with van der Waals surface area (Å²) in [5.41, 5.74) is -0.547. The van der Waals surface area contributed by atoms with E-state index in [4.69, 9.17) is 0 Å². The molecule has 2 aromatic heterocycles. The molecule has 0 unspecified atom stereocenters. The number of carbonyl (C=O) groups excluding carboxylic acids is 1. The Morgan fingerprint density at radius 3 is 2.47 bits per heavy atom. The Morgan fingerprint density at radius 2 is 1.95 bits per heavy atom. The maximum absolute atomic E-state index is 12.3. The van der Waals surface area contributed by atoms with Gasteiger partial charge in [-0.2, -0.15) is 13.2 Å². The molecule has 19 heavy (non-hydrogen) atoms. The van der Waals surface area contributed by atoms with Gasteiger partial charge in [-0.3, -0.25) is 14.8 Å². The van der Waals surface area contributed by atoms with E-state index in [0.717, 1.165) is 18.3 Å². The number of pyridine rings is 2. The normalized spacial score (nSPS) is 11.1. The van der Waals surface area contributed by atoms with Gasteiger partial charge in [0.2, 0.25) is 0 Å². The second-order valence-corrected chi connectivity index (χ2v) is 3.63. The van der Waals surface area contributed by atoms with Crippen LogP contribution in [-0.4, -0.2) is 15.9 Å². The van der Waals surface area contributed by atoms with Gasteiger partial charge in [0.05, 0.1) is 17.4 Å². The summed E-state index contributed by atoms with van der Waals surface area (Å²) in [6.07, 6.45) is -0.669. The fourth-order valence-corrected chi connectivity index (χ4v) is 1.34. The number of hydrogen-bond acceptors (Lipinski definition) is 3. The molecule has 4 nitrogen and oxygen atoms in total. The molecule has 1 amide bonds. The molecule has 0 saturated heterocycles. The summed E-state index contributed by atoms with van der Waals surface area (Å²) >= 11 is 0. The lowest BCUT2D eigenvalue weighted by atomic mass is 10.2. The first kappa shape index (κ1) is 13.0.